The second kappa shape index (κ2) is 9.09. The molecule has 0 spiro atoms. The van der Waals surface area contributed by atoms with E-state index in [2.05, 4.69) is 51.3 Å². The molecule has 1 aromatic heterocycles. The molecule has 0 bridgehead atoms. The highest BCUT2D eigenvalue weighted by molar-refractivity contribution is 5.59. The molecule has 0 atom stereocenters. The summed E-state index contributed by atoms with van der Waals surface area (Å²) < 4.78 is 18.7. The monoisotopic (exact) mass is 407 g/mol. The third kappa shape index (κ3) is 5.04. The van der Waals surface area contributed by atoms with Crippen LogP contribution in [0.4, 0.5) is 21.7 Å². The number of hydrogen-bond acceptors (Lipinski definition) is 6. The van der Waals surface area contributed by atoms with E-state index < -0.39 is 0 Å². The van der Waals surface area contributed by atoms with Gasteiger partial charge in [0.2, 0.25) is 11.8 Å². The number of benzene rings is 2. The Balaban J connectivity index is 1.37. The van der Waals surface area contributed by atoms with Gasteiger partial charge < -0.3 is 19.9 Å². The standard InChI is InChI=1S/C23H26FN5O/c1-28(2)19-12-15-29(16-13-19)20-7-5-18(6-8-20)26-23-25-14-11-22(27-23)30-21-9-3-17(24)4-10-21/h3-11,14,19H,12-13,15-16H2,1-2H3,(H,25,26,27). The van der Waals surface area contributed by atoms with E-state index in [9.17, 15) is 4.39 Å². The molecule has 1 aliphatic heterocycles. The van der Waals surface area contributed by atoms with Crippen LogP contribution >= 0.6 is 0 Å². The maximum absolute atomic E-state index is 13.0. The molecule has 30 heavy (non-hydrogen) atoms. The largest absolute Gasteiger partial charge is 0.439 e. The van der Waals surface area contributed by atoms with Gasteiger partial charge in [-0.3, -0.25) is 0 Å². The number of ether oxygens (including phenoxy) is 1. The molecule has 0 radical (unpaired) electrons. The highest BCUT2D eigenvalue weighted by Gasteiger charge is 2.20. The van der Waals surface area contributed by atoms with Gasteiger partial charge >= 0.3 is 0 Å². The molecule has 0 amide bonds. The van der Waals surface area contributed by atoms with Crippen LogP contribution in [0.3, 0.4) is 0 Å². The zero-order valence-corrected chi connectivity index (χ0v) is 17.3. The van der Waals surface area contributed by atoms with Crippen LogP contribution in [0.15, 0.2) is 60.8 Å². The van der Waals surface area contributed by atoms with E-state index in [1.165, 1.54) is 30.7 Å². The first-order valence-electron chi connectivity index (χ1n) is 10.1. The van der Waals surface area contributed by atoms with Gasteiger partial charge in [0.1, 0.15) is 11.6 Å². The predicted octanol–water partition coefficient (Wildman–Crippen LogP) is 4.68. The van der Waals surface area contributed by atoms with Crippen molar-refractivity contribution in [1.82, 2.24) is 14.9 Å². The van der Waals surface area contributed by atoms with Gasteiger partial charge in [0, 0.05) is 42.8 Å². The van der Waals surface area contributed by atoms with Crippen molar-refractivity contribution in [3.8, 4) is 11.6 Å². The lowest BCUT2D eigenvalue weighted by Crippen LogP contribution is -2.41. The second-order valence-electron chi connectivity index (χ2n) is 7.63. The molecule has 0 unspecified atom stereocenters. The highest BCUT2D eigenvalue weighted by atomic mass is 19.1. The average molecular weight is 407 g/mol. The van der Waals surface area contributed by atoms with Gasteiger partial charge in [0.05, 0.1) is 0 Å². The fourth-order valence-electron chi connectivity index (χ4n) is 3.61. The first-order chi connectivity index (χ1) is 14.6. The molecule has 2 aromatic carbocycles. The summed E-state index contributed by atoms with van der Waals surface area (Å²) in [5.41, 5.74) is 2.13. The summed E-state index contributed by atoms with van der Waals surface area (Å²) in [6.07, 6.45) is 3.99. The van der Waals surface area contributed by atoms with Crippen LogP contribution in [0, 0.1) is 5.82 Å². The molecular weight excluding hydrogens is 381 g/mol. The van der Waals surface area contributed by atoms with Gasteiger partial charge in [-0.2, -0.15) is 4.98 Å². The molecule has 1 aliphatic rings. The Morgan fingerprint density at radius 3 is 2.37 bits per heavy atom. The maximum atomic E-state index is 13.0. The van der Waals surface area contributed by atoms with E-state index >= 15 is 0 Å². The van der Waals surface area contributed by atoms with Crippen molar-refractivity contribution in [2.75, 3.05) is 37.4 Å². The zero-order valence-electron chi connectivity index (χ0n) is 17.3. The summed E-state index contributed by atoms with van der Waals surface area (Å²) in [4.78, 5) is 13.4. The van der Waals surface area contributed by atoms with Gasteiger partial charge in [-0.15, -0.1) is 0 Å². The zero-order chi connectivity index (χ0) is 20.9. The van der Waals surface area contributed by atoms with Crippen molar-refractivity contribution in [2.45, 2.75) is 18.9 Å². The Morgan fingerprint density at radius 1 is 1.00 bits per heavy atom. The molecule has 2 heterocycles. The van der Waals surface area contributed by atoms with Crippen molar-refractivity contribution in [3.05, 3.63) is 66.6 Å². The summed E-state index contributed by atoms with van der Waals surface area (Å²) >= 11 is 0. The van der Waals surface area contributed by atoms with E-state index in [-0.39, 0.29) is 5.82 Å². The van der Waals surface area contributed by atoms with Crippen molar-refractivity contribution >= 4 is 17.3 Å². The number of piperidine rings is 1. The summed E-state index contributed by atoms with van der Waals surface area (Å²) in [6.45, 7) is 2.14. The molecule has 1 fully saturated rings. The van der Waals surface area contributed by atoms with Crippen molar-refractivity contribution in [1.29, 1.82) is 0 Å². The van der Waals surface area contributed by atoms with Crippen LogP contribution in [0.2, 0.25) is 0 Å². The molecule has 0 saturated carbocycles. The predicted molar refractivity (Wildman–Crippen MR) is 117 cm³/mol. The molecule has 1 N–H and O–H groups in total. The van der Waals surface area contributed by atoms with E-state index in [1.54, 1.807) is 24.4 Å². The summed E-state index contributed by atoms with van der Waals surface area (Å²) in [5.74, 6) is 1.04. The van der Waals surface area contributed by atoms with Crippen LogP contribution in [0.5, 0.6) is 11.6 Å². The van der Waals surface area contributed by atoms with Crippen LogP contribution in [-0.4, -0.2) is 48.1 Å². The number of hydrogen-bond donors (Lipinski definition) is 1. The summed E-state index contributed by atoms with van der Waals surface area (Å²) in [6, 6.07) is 16.5. The van der Waals surface area contributed by atoms with Crippen molar-refractivity contribution < 1.29 is 9.13 Å². The number of nitrogens with one attached hydrogen (secondary N) is 1. The first kappa shape index (κ1) is 20.1. The second-order valence-corrected chi connectivity index (χ2v) is 7.63. The summed E-state index contributed by atoms with van der Waals surface area (Å²) in [7, 11) is 4.31. The van der Waals surface area contributed by atoms with Gasteiger partial charge in [-0.05, 0) is 75.5 Å². The van der Waals surface area contributed by atoms with Crippen LogP contribution in [-0.2, 0) is 0 Å². The molecule has 6 nitrogen and oxygen atoms in total. The van der Waals surface area contributed by atoms with Gasteiger partial charge in [0.25, 0.3) is 0 Å². The maximum Gasteiger partial charge on any atom is 0.230 e. The molecule has 4 rings (SSSR count). The Bertz CT molecular complexity index is 954. The fraction of sp³-hybridized carbons (Fsp3) is 0.304. The van der Waals surface area contributed by atoms with Crippen molar-refractivity contribution in [2.24, 2.45) is 0 Å². The molecule has 156 valence electrons. The third-order valence-corrected chi connectivity index (χ3v) is 5.35. The Hall–Kier alpha value is -3.19. The van der Waals surface area contributed by atoms with Gasteiger partial charge in [-0.1, -0.05) is 0 Å². The highest BCUT2D eigenvalue weighted by Crippen LogP contribution is 2.25. The Labute approximate surface area is 176 Å². The number of nitrogens with zero attached hydrogens (tertiary/aromatic N) is 4. The normalized spacial score (nSPS) is 14.7. The molecule has 7 heteroatoms. The first-order valence-corrected chi connectivity index (χ1v) is 10.1. The minimum atomic E-state index is -0.307. The number of anilines is 3. The Kier molecular flexibility index (Phi) is 6.09. The lowest BCUT2D eigenvalue weighted by atomic mass is 10.0. The third-order valence-electron chi connectivity index (χ3n) is 5.35. The van der Waals surface area contributed by atoms with Crippen molar-refractivity contribution in [3.63, 3.8) is 0 Å². The topological polar surface area (TPSA) is 53.5 Å². The fourth-order valence-corrected chi connectivity index (χ4v) is 3.61. The van der Waals surface area contributed by atoms with E-state index in [4.69, 9.17) is 4.74 Å². The number of aromatic nitrogens is 2. The number of halogens is 1. The van der Waals surface area contributed by atoms with E-state index in [1.807, 2.05) is 12.1 Å². The molecule has 1 saturated heterocycles. The van der Waals surface area contributed by atoms with E-state index in [0.29, 0.717) is 23.6 Å². The summed E-state index contributed by atoms with van der Waals surface area (Å²) in [5, 5.41) is 3.20. The SMILES string of the molecule is CN(C)C1CCN(c2ccc(Nc3nccc(Oc4ccc(F)cc4)n3)cc2)CC1. The lowest BCUT2D eigenvalue weighted by Gasteiger charge is -2.36. The van der Waals surface area contributed by atoms with Gasteiger partial charge in [0.15, 0.2) is 0 Å². The smallest absolute Gasteiger partial charge is 0.230 e. The minimum absolute atomic E-state index is 0.307. The van der Waals surface area contributed by atoms with Crippen LogP contribution < -0.4 is 15.0 Å². The lowest BCUT2D eigenvalue weighted by molar-refractivity contribution is 0.249. The number of rotatable bonds is 6. The quantitative estimate of drug-likeness (QED) is 0.640. The molecular formula is C23H26FN5O. The molecule has 3 aromatic rings. The molecule has 0 aliphatic carbocycles. The van der Waals surface area contributed by atoms with Crippen LogP contribution in [0.1, 0.15) is 12.8 Å². The average Bonchev–Trinajstić information content (AvgIpc) is 2.76. The van der Waals surface area contributed by atoms with E-state index in [0.717, 1.165) is 18.8 Å². The van der Waals surface area contributed by atoms with Crippen LogP contribution in [0.25, 0.3) is 0 Å². The Morgan fingerprint density at radius 2 is 1.70 bits per heavy atom. The minimum Gasteiger partial charge on any atom is -0.439 e. The van der Waals surface area contributed by atoms with Gasteiger partial charge in [-0.25, -0.2) is 9.37 Å².